The van der Waals surface area contributed by atoms with Gasteiger partial charge >= 0.3 is 6.18 Å². The first-order valence-corrected chi connectivity index (χ1v) is 7.17. The molecule has 1 aromatic carbocycles. The maximum Gasteiger partial charge on any atom is 0.402 e. The van der Waals surface area contributed by atoms with Crippen molar-refractivity contribution >= 4 is 37.5 Å². The molecule has 0 saturated carbocycles. The van der Waals surface area contributed by atoms with Gasteiger partial charge in [0, 0.05) is 4.47 Å². The van der Waals surface area contributed by atoms with Gasteiger partial charge in [0.1, 0.15) is 6.54 Å². The summed E-state index contributed by atoms with van der Waals surface area (Å²) in [4.78, 5) is 0. The molecule has 0 atom stereocenters. The van der Waals surface area contributed by atoms with Crippen molar-refractivity contribution in [1.29, 1.82) is 0 Å². The number of rotatable bonds is 4. The van der Waals surface area contributed by atoms with Crippen LogP contribution in [0.5, 0.6) is 0 Å². The van der Waals surface area contributed by atoms with E-state index in [4.69, 9.17) is 5.73 Å². The predicted octanol–water partition coefficient (Wildman–Crippen LogP) is 2.15. The fourth-order valence-electron chi connectivity index (χ4n) is 1.26. The lowest BCUT2D eigenvalue weighted by Crippen LogP contribution is -2.37. The Morgan fingerprint density at radius 1 is 1.37 bits per heavy atom. The molecule has 0 aromatic heterocycles. The van der Waals surface area contributed by atoms with Crippen molar-refractivity contribution in [1.82, 2.24) is 4.72 Å². The second-order valence-electron chi connectivity index (χ2n) is 3.73. The van der Waals surface area contributed by atoms with E-state index in [1.807, 2.05) is 4.72 Å². The van der Waals surface area contributed by atoms with Crippen LogP contribution in [-0.4, -0.2) is 21.1 Å². The monoisotopic (exact) mass is 361 g/mol. The molecule has 19 heavy (non-hydrogen) atoms. The average molecular weight is 362 g/mol. The van der Waals surface area contributed by atoms with Gasteiger partial charge in [0.15, 0.2) is 0 Å². The molecule has 0 radical (unpaired) electrons. The first kappa shape index (κ1) is 16.1. The normalized spacial score (nSPS) is 12.5. The fraction of sp³-hybridized carbons (Fsp3) is 0.333. The lowest BCUT2D eigenvalue weighted by molar-refractivity contribution is -0.121. The molecule has 0 amide bonds. The van der Waals surface area contributed by atoms with E-state index in [9.17, 15) is 21.6 Å². The fourth-order valence-corrected chi connectivity index (χ4v) is 2.82. The molecule has 4 N–H and O–H groups in total. The van der Waals surface area contributed by atoms with E-state index in [-0.39, 0.29) is 11.4 Å². The number of nitrogen functional groups attached to an aromatic ring is 1. The van der Waals surface area contributed by atoms with Crippen LogP contribution < -0.4 is 15.2 Å². The third-order valence-electron chi connectivity index (χ3n) is 2.03. The SMILES string of the molecule is Cc1cc(Br)cc(N)c1NS(=O)(=O)NCC(F)(F)F. The third-order valence-corrected chi connectivity index (χ3v) is 3.48. The standard InChI is InChI=1S/C9H11BrF3N3O2S/c1-5-2-6(10)3-7(14)8(5)16-19(17,18)15-4-9(11,12)13/h2-3,15-16H,4,14H2,1H3. The van der Waals surface area contributed by atoms with Gasteiger partial charge in [0.05, 0.1) is 11.4 Å². The summed E-state index contributed by atoms with van der Waals surface area (Å²) in [5.41, 5.74) is 6.22. The zero-order valence-corrected chi connectivity index (χ0v) is 12.1. The van der Waals surface area contributed by atoms with Crippen LogP contribution >= 0.6 is 15.9 Å². The van der Waals surface area contributed by atoms with E-state index in [0.717, 1.165) is 0 Å². The second kappa shape index (κ2) is 5.55. The number of aryl methyl sites for hydroxylation is 1. The molecule has 0 aliphatic carbocycles. The molecule has 0 saturated heterocycles. The summed E-state index contributed by atoms with van der Waals surface area (Å²) in [5, 5.41) is 0. The molecule has 0 spiro atoms. The van der Waals surface area contributed by atoms with Gasteiger partial charge in [-0.05, 0) is 24.6 Å². The number of anilines is 2. The average Bonchev–Trinajstić information content (AvgIpc) is 2.20. The summed E-state index contributed by atoms with van der Waals surface area (Å²) in [6.07, 6.45) is -4.63. The van der Waals surface area contributed by atoms with Crippen LogP contribution in [-0.2, 0) is 10.2 Å². The minimum Gasteiger partial charge on any atom is -0.397 e. The molecule has 5 nitrogen and oxygen atoms in total. The van der Waals surface area contributed by atoms with Crippen molar-refractivity contribution < 1.29 is 21.6 Å². The molecular formula is C9H11BrF3N3O2S. The smallest absolute Gasteiger partial charge is 0.397 e. The molecule has 1 rings (SSSR count). The highest BCUT2D eigenvalue weighted by molar-refractivity contribution is 9.10. The van der Waals surface area contributed by atoms with Crippen molar-refractivity contribution in [2.45, 2.75) is 13.1 Å². The van der Waals surface area contributed by atoms with Crippen LogP contribution in [0.1, 0.15) is 5.56 Å². The van der Waals surface area contributed by atoms with Gasteiger partial charge in [-0.15, -0.1) is 0 Å². The van der Waals surface area contributed by atoms with E-state index >= 15 is 0 Å². The summed E-state index contributed by atoms with van der Waals surface area (Å²) < 4.78 is 62.7. The van der Waals surface area contributed by atoms with Gasteiger partial charge in [0.2, 0.25) is 0 Å². The summed E-state index contributed by atoms with van der Waals surface area (Å²) in [6.45, 7) is -0.0828. The molecule has 10 heteroatoms. The van der Waals surface area contributed by atoms with E-state index in [1.54, 1.807) is 13.0 Å². The zero-order chi connectivity index (χ0) is 14.8. The number of nitrogens with two attached hydrogens (primary N) is 1. The quantitative estimate of drug-likeness (QED) is 0.718. The van der Waals surface area contributed by atoms with Crippen molar-refractivity contribution in [3.05, 3.63) is 22.2 Å². The number of hydrogen-bond acceptors (Lipinski definition) is 3. The Morgan fingerprint density at radius 3 is 2.42 bits per heavy atom. The van der Waals surface area contributed by atoms with Crippen LogP contribution in [0.25, 0.3) is 0 Å². The van der Waals surface area contributed by atoms with E-state index in [1.165, 1.54) is 10.8 Å². The minimum atomic E-state index is -4.63. The van der Waals surface area contributed by atoms with Gasteiger partial charge in [-0.1, -0.05) is 15.9 Å². The first-order valence-electron chi connectivity index (χ1n) is 4.90. The maximum atomic E-state index is 12.0. The molecule has 108 valence electrons. The summed E-state index contributed by atoms with van der Waals surface area (Å²) in [6, 6.07) is 3.02. The number of halogens is 4. The topological polar surface area (TPSA) is 84.2 Å². The van der Waals surface area contributed by atoms with Crippen LogP contribution in [0.4, 0.5) is 24.5 Å². The maximum absolute atomic E-state index is 12.0. The molecular weight excluding hydrogens is 351 g/mol. The minimum absolute atomic E-state index is 0.0397. The first-order chi connectivity index (χ1) is 8.50. The Hall–Kier alpha value is -1.00. The number of hydrogen-bond donors (Lipinski definition) is 3. The molecule has 0 bridgehead atoms. The van der Waals surface area contributed by atoms with Crippen LogP contribution in [0.3, 0.4) is 0 Å². The Balaban J connectivity index is 2.90. The highest BCUT2D eigenvalue weighted by Gasteiger charge is 2.29. The van der Waals surface area contributed by atoms with Gasteiger partial charge in [-0.2, -0.15) is 26.3 Å². The molecule has 0 fully saturated rings. The van der Waals surface area contributed by atoms with Gasteiger partial charge in [0.25, 0.3) is 10.2 Å². The van der Waals surface area contributed by atoms with E-state index in [2.05, 4.69) is 15.9 Å². The Labute approximate surface area is 116 Å². The van der Waals surface area contributed by atoms with Gasteiger partial charge in [-0.25, -0.2) is 0 Å². The van der Waals surface area contributed by atoms with Crippen molar-refractivity contribution in [3.63, 3.8) is 0 Å². The van der Waals surface area contributed by atoms with Crippen molar-refractivity contribution in [3.8, 4) is 0 Å². The zero-order valence-electron chi connectivity index (χ0n) is 9.68. The van der Waals surface area contributed by atoms with Gasteiger partial charge < -0.3 is 5.73 Å². The summed E-state index contributed by atoms with van der Waals surface area (Å²) in [5.74, 6) is 0. The van der Waals surface area contributed by atoms with Crippen molar-refractivity contribution in [2.24, 2.45) is 0 Å². The summed E-state index contributed by atoms with van der Waals surface area (Å²) in [7, 11) is -4.34. The number of nitrogens with one attached hydrogen (secondary N) is 2. The number of alkyl halides is 3. The molecule has 1 aromatic rings. The van der Waals surface area contributed by atoms with E-state index < -0.39 is 22.9 Å². The Bertz CT molecular complexity index is 552. The highest BCUT2D eigenvalue weighted by Crippen LogP contribution is 2.28. The van der Waals surface area contributed by atoms with Crippen LogP contribution in [0, 0.1) is 6.92 Å². The largest absolute Gasteiger partial charge is 0.402 e. The van der Waals surface area contributed by atoms with Crippen LogP contribution in [0.2, 0.25) is 0 Å². The summed E-state index contributed by atoms with van der Waals surface area (Å²) >= 11 is 3.16. The van der Waals surface area contributed by atoms with E-state index in [0.29, 0.717) is 10.0 Å². The Kier molecular flexibility index (Phi) is 4.69. The lowest BCUT2D eigenvalue weighted by Gasteiger charge is -2.14. The third kappa shape index (κ3) is 5.25. The molecule has 0 heterocycles. The molecule has 0 aliphatic rings. The lowest BCUT2D eigenvalue weighted by atomic mass is 10.2. The molecule has 0 unspecified atom stereocenters. The van der Waals surface area contributed by atoms with Crippen LogP contribution in [0.15, 0.2) is 16.6 Å². The molecule has 0 aliphatic heterocycles. The predicted molar refractivity (Wildman–Crippen MR) is 69.9 cm³/mol. The van der Waals surface area contributed by atoms with Crippen molar-refractivity contribution in [2.75, 3.05) is 17.0 Å². The number of benzene rings is 1. The Morgan fingerprint density at radius 2 is 1.95 bits per heavy atom. The highest BCUT2D eigenvalue weighted by atomic mass is 79.9. The van der Waals surface area contributed by atoms with Gasteiger partial charge in [-0.3, -0.25) is 4.72 Å². The second-order valence-corrected chi connectivity index (χ2v) is 6.14.